The van der Waals surface area contributed by atoms with Crippen molar-refractivity contribution in [3.05, 3.63) is 133 Å². The Hall–Kier alpha value is -5.20. The molecule has 0 saturated heterocycles. The lowest BCUT2D eigenvalue weighted by Gasteiger charge is -2.12. The minimum absolute atomic E-state index is 1.27. The molecule has 0 heterocycles. The van der Waals surface area contributed by atoms with E-state index in [2.05, 4.69) is 133 Å². The summed E-state index contributed by atoms with van der Waals surface area (Å²) < 4.78 is 0. The van der Waals surface area contributed by atoms with Gasteiger partial charge in [0.1, 0.15) is 0 Å². The van der Waals surface area contributed by atoms with Gasteiger partial charge in [-0.1, -0.05) is 109 Å². The molecule has 2 aliphatic rings. The average molecular weight is 503 g/mol. The zero-order chi connectivity index (χ0) is 25.9. The summed E-state index contributed by atoms with van der Waals surface area (Å²) in [6, 6.07) is 50.0. The van der Waals surface area contributed by atoms with Gasteiger partial charge in [-0.25, -0.2) is 0 Å². The summed E-state index contributed by atoms with van der Waals surface area (Å²) in [6.07, 6.45) is 0. The van der Waals surface area contributed by atoms with Crippen molar-refractivity contribution in [2.24, 2.45) is 0 Å². The highest BCUT2D eigenvalue weighted by molar-refractivity contribution is 6.25. The van der Waals surface area contributed by atoms with Crippen molar-refractivity contribution in [3.8, 4) is 55.6 Å². The summed E-state index contributed by atoms with van der Waals surface area (Å²) in [7, 11) is 0. The first-order valence-electron chi connectivity index (χ1n) is 14.0. The lowest BCUT2D eigenvalue weighted by Crippen LogP contribution is -1.85. The van der Waals surface area contributed by atoms with Crippen molar-refractivity contribution in [1.29, 1.82) is 0 Å². The van der Waals surface area contributed by atoms with Gasteiger partial charge in [0.15, 0.2) is 0 Å². The quantitative estimate of drug-likeness (QED) is 0.196. The molecule has 0 heteroatoms. The van der Waals surface area contributed by atoms with Crippen molar-refractivity contribution in [2.45, 2.75) is 0 Å². The molecule has 40 heavy (non-hydrogen) atoms. The first kappa shape index (κ1) is 20.7. The number of hydrogen-bond donors (Lipinski definition) is 0. The molecule has 0 fully saturated rings. The third-order valence-electron chi connectivity index (χ3n) is 9.30. The maximum absolute atomic E-state index is 2.42. The van der Waals surface area contributed by atoms with Crippen molar-refractivity contribution < 1.29 is 0 Å². The Morgan fingerprint density at radius 1 is 0.250 bits per heavy atom. The Kier molecular flexibility index (Phi) is 3.76. The van der Waals surface area contributed by atoms with Gasteiger partial charge in [-0.05, 0) is 123 Å². The second kappa shape index (κ2) is 7.25. The monoisotopic (exact) mass is 502 g/mol. The van der Waals surface area contributed by atoms with Gasteiger partial charge in [0, 0.05) is 0 Å². The van der Waals surface area contributed by atoms with Gasteiger partial charge in [0.05, 0.1) is 0 Å². The second-order valence-electron chi connectivity index (χ2n) is 11.3. The van der Waals surface area contributed by atoms with E-state index in [0.29, 0.717) is 0 Å². The van der Waals surface area contributed by atoms with Crippen LogP contribution in [0.5, 0.6) is 0 Å². The highest BCUT2D eigenvalue weighted by Gasteiger charge is 2.24. The molecule has 0 aromatic heterocycles. The highest BCUT2D eigenvalue weighted by Crippen LogP contribution is 2.52. The fourth-order valence-electron chi connectivity index (χ4n) is 7.57. The smallest absolute Gasteiger partial charge is 0.00199 e. The van der Waals surface area contributed by atoms with Crippen LogP contribution in [0.1, 0.15) is 0 Å². The second-order valence-corrected chi connectivity index (χ2v) is 11.3. The van der Waals surface area contributed by atoms with Crippen molar-refractivity contribution in [3.63, 3.8) is 0 Å². The summed E-state index contributed by atoms with van der Waals surface area (Å²) >= 11 is 0. The summed E-state index contributed by atoms with van der Waals surface area (Å²) in [5.41, 5.74) is 13.4. The Labute approximate surface area is 231 Å². The summed E-state index contributed by atoms with van der Waals surface area (Å²) in [5, 5.41) is 10.7. The Morgan fingerprint density at radius 2 is 0.825 bits per heavy atom. The predicted molar refractivity (Wildman–Crippen MR) is 171 cm³/mol. The van der Waals surface area contributed by atoms with Crippen LogP contribution in [0.25, 0.3) is 98.7 Å². The van der Waals surface area contributed by atoms with Crippen LogP contribution in [0.4, 0.5) is 0 Å². The summed E-state index contributed by atoms with van der Waals surface area (Å²) in [4.78, 5) is 0. The molecule has 0 aliphatic heterocycles. The molecule has 0 N–H and O–H groups in total. The maximum Gasteiger partial charge on any atom is -0.00199 e. The molecule has 0 nitrogen and oxygen atoms in total. The normalized spacial score (nSPS) is 12.5. The van der Waals surface area contributed by atoms with Crippen LogP contribution in [0, 0.1) is 0 Å². The lowest BCUT2D eigenvalue weighted by atomic mass is 9.92. The fourth-order valence-corrected chi connectivity index (χ4v) is 7.57. The number of rotatable bonds is 1. The summed E-state index contributed by atoms with van der Waals surface area (Å²) in [5.74, 6) is 0. The molecule has 0 atom stereocenters. The third kappa shape index (κ3) is 2.52. The first-order valence-corrected chi connectivity index (χ1v) is 14.0. The molecule has 2 aliphatic carbocycles. The van der Waals surface area contributed by atoms with E-state index in [4.69, 9.17) is 0 Å². The van der Waals surface area contributed by atoms with Crippen LogP contribution < -0.4 is 0 Å². The molecule has 0 amide bonds. The highest BCUT2D eigenvalue weighted by atomic mass is 14.3. The van der Waals surface area contributed by atoms with E-state index in [1.165, 1.54) is 98.7 Å². The van der Waals surface area contributed by atoms with Crippen LogP contribution in [-0.2, 0) is 0 Å². The van der Waals surface area contributed by atoms with Gasteiger partial charge >= 0.3 is 0 Å². The topological polar surface area (TPSA) is 0 Å². The maximum atomic E-state index is 2.42. The Bertz CT molecular complexity index is 2390. The van der Waals surface area contributed by atoms with Crippen LogP contribution in [-0.4, -0.2) is 0 Å². The van der Waals surface area contributed by atoms with Crippen LogP contribution in [0.2, 0.25) is 0 Å². The molecule has 10 rings (SSSR count). The molecule has 182 valence electrons. The molecule has 8 aromatic carbocycles. The molecule has 0 bridgehead atoms. The predicted octanol–water partition coefficient (Wildman–Crippen LogP) is 11.3. The fraction of sp³-hybridized carbons (Fsp3) is 0. The first-order chi connectivity index (χ1) is 19.8. The van der Waals surface area contributed by atoms with Gasteiger partial charge in [-0.3, -0.25) is 0 Å². The van der Waals surface area contributed by atoms with Crippen LogP contribution in [0.15, 0.2) is 133 Å². The van der Waals surface area contributed by atoms with Crippen molar-refractivity contribution >= 4 is 43.1 Å². The third-order valence-corrected chi connectivity index (χ3v) is 9.30. The van der Waals surface area contributed by atoms with Crippen LogP contribution >= 0.6 is 0 Å². The Balaban J connectivity index is 1.20. The van der Waals surface area contributed by atoms with E-state index in [9.17, 15) is 0 Å². The van der Waals surface area contributed by atoms with Crippen LogP contribution in [0.3, 0.4) is 0 Å². The van der Waals surface area contributed by atoms with Gasteiger partial charge < -0.3 is 0 Å². The number of hydrogen-bond acceptors (Lipinski definition) is 0. The van der Waals surface area contributed by atoms with E-state index < -0.39 is 0 Å². The van der Waals surface area contributed by atoms with Gasteiger partial charge in [-0.2, -0.15) is 0 Å². The molecule has 0 spiro atoms. The van der Waals surface area contributed by atoms with E-state index in [-0.39, 0.29) is 0 Å². The van der Waals surface area contributed by atoms with E-state index in [1.807, 2.05) is 0 Å². The van der Waals surface area contributed by atoms with Crippen molar-refractivity contribution in [2.75, 3.05) is 0 Å². The minimum atomic E-state index is 1.27. The molecular formula is C40H22. The molecule has 8 aromatic rings. The average Bonchev–Trinajstić information content (AvgIpc) is 3.50. The molecule has 0 unspecified atom stereocenters. The molecule has 0 radical (unpaired) electrons. The van der Waals surface area contributed by atoms with E-state index in [1.54, 1.807) is 0 Å². The lowest BCUT2D eigenvalue weighted by molar-refractivity contribution is 1.68. The summed E-state index contributed by atoms with van der Waals surface area (Å²) in [6.45, 7) is 0. The number of benzene rings is 8. The minimum Gasteiger partial charge on any atom is -0.0616 e. The zero-order valence-corrected chi connectivity index (χ0v) is 21.7. The Morgan fingerprint density at radius 3 is 1.70 bits per heavy atom. The van der Waals surface area contributed by atoms with E-state index in [0.717, 1.165) is 0 Å². The standard InChI is InChI=1S/C40H22/c1-2-8-27-24(7-1)21-38-37-20-23-15-16-25(19-26(23)22-36(37)34-14-6-11-31(27)40(34)38)28-17-18-35-30-10-4-3-9-29(30)33-13-5-12-32(28)39(33)35/h1-22H. The SMILES string of the molecule is c1ccc2c(c1)-c1cccc3c(-c4ccc5cc6c(cc5c4)-c4cccc5c4c-6cc4ccccc45)ccc-2c13. The van der Waals surface area contributed by atoms with Gasteiger partial charge in [0.2, 0.25) is 0 Å². The van der Waals surface area contributed by atoms with Crippen molar-refractivity contribution in [1.82, 2.24) is 0 Å². The van der Waals surface area contributed by atoms with Gasteiger partial charge in [-0.15, -0.1) is 0 Å². The molecular weight excluding hydrogens is 480 g/mol. The largest absolute Gasteiger partial charge is 0.0616 e. The molecule has 0 saturated carbocycles. The van der Waals surface area contributed by atoms with Gasteiger partial charge in [0.25, 0.3) is 0 Å². The zero-order valence-electron chi connectivity index (χ0n) is 21.7. The van der Waals surface area contributed by atoms with E-state index >= 15 is 0 Å². The number of fused-ring (bicyclic) bond motifs is 9.